The number of nitrogens with zero attached hydrogens (tertiary/aromatic N) is 1. The van der Waals surface area contributed by atoms with Gasteiger partial charge in [-0.2, -0.15) is 0 Å². The molecule has 6 heteroatoms. The van der Waals surface area contributed by atoms with Crippen molar-refractivity contribution in [2.24, 2.45) is 0 Å². The van der Waals surface area contributed by atoms with Crippen LogP contribution in [0.4, 0.5) is 5.69 Å². The smallest absolute Gasteiger partial charge is 0.248 e. The van der Waals surface area contributed by atoms with Crippen LogP contribution >= 0.6 is 0 Å². The molecule has 0 radical (unpaired) electrons. The third-order valence-electron chi connectivity index (χ3n) is 5.40. The van der Waals surface area contributed by atoms with Crippen LogP contribution in [0.2, 0.25) is 0 Å². The highest BCUT2D eigenvalue weighted by atomic mass is 16.5. The average Bonchev–Trinajstić information content (AvgIpc) is 3.18. The number of amides is 1. The quantitative estimate of drug-likeness (QED) is 0.423. The van der Waals surface area contributed by atoms with Gasteiger partial charge in [0.1, 0.15) is 6.61 Å². The van der Waals surface area contributed by atoms with E-state index in [2.05, 4.69) is 42.9 Å². The molecule has 32 heavy (non-hydrogen) atoms. The fourth-order valence-electron chi connectivity index (χ4n) is 3.82. The molecule has 170 valence electrons. The monoisotopic (exact) mass is 435 g/mol. The van der Waals surface area contributed by atoms with E-state index < -0.39 is 0 Å². The molecule has 0 aliphatic heterocycles. The van der Waals surface area contributed by atoms with E-state index in [1.54, 1.807) is 25.3 Å². The topological polar surface area (TPSA) is 66.6 Å². The number of anilines is 1. The number of carbonyl (C=O) groups is 1. The van der Waals surface area contributed by atoms with E-state index in [9.17, 15) is 4.79 Å². The van der Waals surface area contributed by atoms with Crippen LogP contribution in [0.15, 0.2) is 54.7 Å². The second kappa shape index (κ2) is 10.9. The normalized spacial score (nSPS) is 11.8. The van der Waals surface area contributed by atoms with E-state index in [0.29, 0.717) is 35.9 Å². The Labute approximate surface area is 190 Å². The van der Waals surface area contributed by atoms with Gasteiger partial charge in [0.25, 0.3) is 0 Å². The lowest BCUT2D eigenvalue weighted by Gasteiger charge is -2.30. The van der Waals surface area contributed by atoms with Crippen molar-refractivity contribution < 1.29 is 14.3 Å². The number of aromatic amines is 1. The number of hydrogen-bond donors (Lipinski definition) is 2. The van der Waals surface area contributed by atoms with Gasteiger partial charge in [-0.25, -0.2) is 0 Å². The third-order valence-corrected chi connectivity index (χ3v) is 5.40. The third kappa shape index (κ3) is 5.92. The Kier molecular flexibility index (Phi) is 7.95. The lowest BCUT2D eigenvalue weighted by Crippen LogP contribution is -2.39. The summed E-state index contributed by atoms with van der Waals surface area (Å²) in [5.41, 5.74) is 2.66. The van der Waals surface area contributed by atoms with Crippen LogP contribution in [-0.4, -0.2) is 48.1 Å². The first-order chi connectivity index (χ1) is 15.4. The Morgan fingerprint density at radius 2 is 1.84 bits per heavy atom. The van der Waals surface area contributed by atoms with E-state index in [-0.39, 0.29) is 5.91 Å². The van der Waals surface area contributed by atoms with E-state index in [4.69, 9.17) is 9.47 Å². The van der Waals surface area contributed by atoms with Gasteiger partial charge in [-0.05, 0) is 57.5 Å². The Morgan fingerprint density at radius 3 is 2.56 bits per heavy atom. The number of para-hydroxylation sites is 1. The van der Waals surface area contributed by atoms with Gasteiger partial charge in [-0.3, -0.25) is 9.69 Å². The highest BCUT2D eigenvalue weighted by Gasteiger charge is 2.14. The van der Waals surface area contributed by atoms with Crippen LogP contribution in [0.5, 0.6) is 11.5 Å². The summed E-state index contributed by atoms with van der Waals surface area (Å²) < 4.78 is 11.4. The molecule has 0 aliphatic carbocycles. The van der Waals surface area contributed by atoms with Gasteiger partial charge in [-0.15, -0.1) is 0 Å². The van der Waals surface area contributed by atoms with Crippen molar-refractivity contribution in [3.8, 4) is 11.5 Å². The Bertz CT molecular complexity index is 1060. The van der Waals surface area contributed by atoms with Crippen molar-refractivity contribution in [2.75, 3.05) is 25.6 Å². The number of hydrogen-bond acceptors (Lipinski definition) is 4. The van der Waals surface area contributed by atoms with Crippen LogP contribution in [0.1, 0.15) is 33.3 Å². The van der Waals surface area contributed by atoms with E-state index in [0.717, 1.165) is 23.0 Å². The molecule has 6 nitrogen and oxygen atoms in total. The second-order valence-electron chi connectivity index (χ2n) is 8.25. The average molecular weight is 436 g/mol. The largest absolute Gasteiger partial charge is 0.493 e. The predicted octanol–water partition coefficient (Wildman–Crippen LogP) is 5.33. The molecule has 0 spiro atoms. The first kappa shape index (κ1) is 23.4. The molecule has 1 heterocycles. The number of H-pyrrole nitrogens is 1. The number of carbonyl (C=O) groups excluding carboxylic acids is 1. The van der Waals surface area contributed by atoms with Crippen molar-refractivity contribution in [1.82, 2.24) is 9.88 Å². The molecule has 3 rings (SSSR count). The summed E-state index contributed by atoms with van der Waals surface area (Å²) in [7, 11) is 1.61. The fourth-order valence-corrected chi connectivity index (χ4v) is 3.82. The first-order valence-corrected chi connectivity index (χ1v) is 11.0. The van der Waals surface area contributed by atoms with Crippen LogP contribution in [-0.2, 0) is 4.79 Å². The zero-order chi connectivity index (χ0) is 23.1. The van der Waals surface area contributed by atoms with Crippen molar-refractivity contribution in [3.05, 3.63) is 60.3 Å². The highest BCUT2D eigenvalue weighted by molar-refractivity contribution is 6.03. The summed E-state index contributed by atoms with van der Waals surface area (Å²) in [4.78, 5) is 18.1. The van der Waals surface area contributed by atoms with Crippen molar-refractivity contribution in [2.45, 2.75) is 39.8 Å². The summed E-state index contributed by atoms with van der Waals surface area (Å²) in [6.07, 6.45) is 5.23. The minimum Gasteiger partial charge on any atom is -0.493 e. The summed E-state index contributed by atoms with van der Waals surface area (Å²) in [5, 5.41) is 3.98. The van der Waals surface area contributed by atoms with Gasteiger partial charge in [0.05, 0.1) is 7.11 Å². The molecule has 1 aromatic heterocycles. The maximum atomic E-state index is 12.5. The van der Waals surface area contributed by atoms with Crippen LogP contribution < -0.4 is 14.8 Å². The van der Waals surface area contributed by atoms with Crippen LogP contribution in [0, 0.1) is 0 Å². The number of methoxy groups -OCH3 is 1. The first-order valence-electron chi connectivity index (χ1n) is 11.0. The Balaban J connectivity index is 1.64. The molecule has 1 amide bonds. The Hall–Kier alpha value is -3.25. The lowest BCUT2D eigenvalue weighted by atomic mass is 10.1. The van der Waals surface area contributed by atoms with Gasteiger partial charge in [0.2, 0.25) is 5.91 Å². The van der Waals surface area contributed by atoms with Crippen LogP contribution in [0.3, 0.4) is 0 Å². The van der Waals surface area contributed by atoms with Crippen molar-refractivity contribution in [3.63, 3.8) is 0 Å². The zero-order valence-electron chi connectivity index (χ0n) is 19.5. The molecule has 0 saturated heterocycles. The minimum atomic E-state index is -0.211. The number of fused-ring (bicyclic) bond motifs is 1. The summed E-state index contributed by atoms with van der Waals surface area (Å²) in [5.74, 6) is 1.04. The lowest BCUT2D eigenvalue weighted by molar-refractivity contribution is -0.111. The number of nitrogens with one attached hydrogen (secondary N) is 2. The van der Waals surface area contributed by atoms with Gasteiger partial charge < -0.3 is 19.8 Å². The number of ether oxygens (including phenoxy) is 2. The molecule has 2 aromatic carbocycles. The van der Waals surface area contributed by atoms with E-state index in [1.165, 1.54) is 6.08 Å². The summed E-state index contributed by atoms with van der Waals surface area (Å²) in [6.45, 7) is 10.1. The van der Waals surface area contributed by atoms with Crippen molar-refractivity contribution >= 4 is 28.6 Å². The molecule has 3 aromatic rings. The van der Waals surface area contributed by atoms with E-state index in [1.807, 2.05) is 36.5 Å². The number of aromatic nitrogens is 1. The second-order valence-corrected chi connectivity index (χ2v) is 8.25. The molecule has 2 N–H and O–H groups in total. The Morgan fingerprint density at radius 1 is 1.09 bits per heavy atom. The predicted molar refractivity (Wildman–Crippen MR) is 131 cm³/mol. The molecule has 0 bridgehead atoms. The minimum absolute atomic E-state index is 0.211. The summed E-state index contributed by atoms with van der Waals surface area (Å²) >= 11 is 0. The molecule has 0 aliphatic rings. The standard InChI is InChI=1S/C26H33N3O3/c1-18(2)29(19(3)4)14-15-32-25-16-21(11-12-24(25)31-5)28-26(30)13-10-20-17-27-23-9-7-6-8-22(20)23/h6-13,16-19,27H,14-15H2,1-5H3,(H,28,30). The molecule has 0 unspecified atom stereocenters. The number of rotatable bonds is 10. The zero-order valence-corrected chi connectivity index (χ0v) is 19.5. The van der Waals surface area contributed by atoms with Crippen molar-refractivity contribution in [1.29, 1.82) is 0 Å². The molecule has 0 saturated carbocycles. The summed E-state index contributed by atoms with van der Waals surface area (Å²) in [6, 6.07) is 14.3. The maximum absolute atomic E-state index is 12.5. The maximum Gasteiger partial charge on any atom is 0.248 e. The van der Waals surface area contributed by atoms with Gasteiger partial charge in [0, 0.05) is 53.6 Å². The molecular formula is C26H33N3O3. The van der Waals surface area contributed by atoms with Gasteiger partial charge >= 0.3 is 0 Å². The highest BCUT2D eigenvalue weighted by Crippen LogP contribution is 2.30. The van der Waals surface area contributed by atoms with Crippen LogP contribution in [0.25, 0.3) is 17.0 Å². The molecule has 0 atom stereocenters. The van der Waals surface area contributed by atoms with Gasteiger partial charge in [-0.1, -0.05) is 18.2 Å². The fraction of sp³-hybridized carbons (Fsp3) is 0.346. The van der Waals surface area contributed by atoms with E-state index >= 15 is 0 Å². The molecular weight excluding hydrogens is 402 g/mol. The number of benzene rings is 2. The SMILES string of the molecule is COc1ccc(NC(=O)C=Cc2c[nH]c3ccccc23)cc1OCCN(C(C)C)C(C)C. The van der Waals surface area contributed by atoms with Gasteiger partial charge in [0.15, 0.2) is 11.5 Å². The molecule has 0 fully saturated rings.